The molecule has 0 fully saturated rings. The molecular formula is C15H12BrCl3O2. The third kappa shape index (κ3) is 4.05. The maximum Gasteiger partial charge on any atom is 0.139 e. The third-order valence-corrected chi connectivity index (χ3v) is 4.15. The number of rotatable bonds is 4. The molecule has 0 aliphatic rings. The molecule has 0 saturated carbocycles. The van der Waals surface area contributed by atoms with Crippen LogP contribution in [-0.4, -0.2) is 11.7 Å². The van der Waals surface area contributed by atoms with E-state index in [-0.39, 0.29) is 0 Å². The molecule has 0 spiro atoms. The molecule has 0 radical (unpaired) electrons. The third-order valence-electron chi connectivity index (χ3n) is 2.85. The smallest absolute Gasteiger partial charge is 0.139 e. The highest BCUT2D eigenvalue weighted by atomic mass is 79.9. The molecule has 2 aromatic rings. The zero-order chi connectivity index (χ0) is 15.6. The number of aliphatic hydroxyl groups is 1. The van der Waals surface area contributed by atoms with Gasteiger partial charge in [-0.3, -0.25) is 0 Å². The van der Waals surface area contributed by atoms with Crippen LogP contribution in [0.1, 0.15) is 24.2 Å². The van der Waals surface area contributed by atoms with Gasteiger partial charge in [-0.2, -0.15) is 0 Å². The highest BCUT2D eigenvalue weighted by Crippen LogP contribution is 2.37. The maximum atomic E-state index is 10.5. The van der Waals surface area contributed by atoms with Crippen LogP contribution in [0.4, 0.5) is 0 Å². The van der Waals surface area contributed by atoms with Gasteiger partial charge in [-0.05, 0) is 36.8 Å². The Morgan fingerprint density at radius 2 is 1.81 bits per heavy atom. The van der Waals surface area contributed by atoms with Gasteiger partial charge in [0.15, 0.2) is 0 Å². The first kappa shape index (κ1) is 16.9. The lowest BCUT2D eigenvalue weighted by molar-refractivity contribution is 0.220. The predicted molar refractivity (Wildman–Crippen MR) is 90.8 cm³/mol. The van der Waals surface area contributed by atoms with Crippen LogP contribution in [0.5, 0.6) is 5.75 Å². The number of benzene rings is 2. The molecule has 2 rings (SSSR count). The Hall–Kier alpha value is -0.450. The molecule has 1 N–H and O–H groups in total. The van der Waals surface area contributed by atoms with E-state index >= 15 is 0 Å². The van der Waals surface area contributed by atoms with Crippen molar-refractivity contribution in [2.45, 2.75) is 13.0 Å². The Morgan fingerprint density at radius 3 is 2.43 bits per heavy atom. The van der Waals surface area contributed by atoms with Crippen LogP contribution in [-0.2, 0) is 0 Å². The molecule has 112 valence electrons. The van der Waals surface area contributed by atoms with E-state index < -0.39 is 6.10 Å². The normalized spacial score (nSPS) is 12.3. The summed E-state index contributed by atoms with van der Waals surface area (Å²) in [6.07, 6.45) is -0.930. The van der Waals surface area contributed by atoms with Crippen molar-refractivity contribution in [3.05, 3.63) is 61.0 Å². The van der Waals surface area contributed by atoms with Gasteiger partial charge in [-0.25, -0.2) is 0 Å². The molecule has 0 aliphatic carbocycles. The first-order chi connectivity index (χ1) is 9.92. The highest BCUT2D eigenvalue weighted by molar-refractivity contribution is 9.10. The number of ether oxygens (including phenoxy) is 1. The summed E-state index contributed by atoms with van der Waals surface area (Å²) in [5, 5.41) is 11.8. The number of aliphatic hydroxyl groups excluding tert-OH is 1. The monoisotopic (exact) mass is 408 g/mol. The van der Waals surface area contributed by atoms with E-state index in [0.29, 0.717) is 38.6 Å². The standard InChI is InChI=1S/C15H12BrCl3O2/c1-2-21-14-7-12(18)11(6-13(14)19)15(20)8-3-9(16)5-10(17)4-8/h3-7,15,20H,2H2,1H3. The van der Waals surface area contributed by atoms with Gasteiger partial charge < -0.3 is 9.84 Å². The molecule has 0 heterocycles. The van der Waals surface area contributed by atoms with Gasteiger partial charge in [0.25, 0.3) is 0 Å². The second kappa shape index (κ2) is 7.21. The van der Waals surface area contributed by atoms with E-state index in [1.54, 1.807) is 30.3 Å². The first-order valence-corrected chi connectivity index (χ1v) is 8.11. The number of hydrogen-bond donors (Lipinski definition) is 1. The van der Waals surface area contributed by atoms with Gasteiger partial charge in [-0.15, -0.1) is 0 Å². The lowest BCUT2D eigenvalue weighted by atomic mass is 10.0. The summed E-state index contributed by atoms with van der Waals surface area (Å²) in [6.45, 7) is 2.34. The Bertz CT molecular complexity index is 641. The van der Waals surface area contributed by atoms with E-state index in [1.807, 2.05) is 6.92 Å². The minimum absolute atomic E-state index is 0.381. The van der Waals surface area contributed by atoms with Gasteiger partial charge >= 0.3 is 0 Å². The second-order valence-corrected chi connectivity index (χ2v) is 6.51. The molecule has 0 amide bonds. The minimum Gasteiger partial charge on any atom is -0.492 e. The summed E-state index contributed by atoms with van der Waals surface area (Å²) in [5.41, 5.74) is 1.12. The van der Waals surface area contributed by atoms with E-state index in [2.05, 4.69) is 15.9 Å². The van der Waals surface area contributed by atoms with Crippen LogP contribution in [0.3, 0.4) is 0 Å². The molecule has 21 heavy (non-hydrogen) atoms. The SMILES string of the molecule is CCOc1cc(Cl)c(C(O)c2cc(Cl)cc(Br)c2)cc1Cl. The molecule has 1 unspecified atom stereocenters. The van der Waals surface area contributed by atoms with Crippen molar-refractivity contribution in [2.24, 2.45) is 0 Å². The lowest BCUT2D eigenvalue weighted by Crippen LogP contribution is -2.02. The van der Waals surface area contributed by atoms with Crippen LogP contribution in [0, 0.1) is 0 Å². The summed E-state index contributed by atoms with van der Waals surface area (Å²) in [4.78, 5) is 0. The lowest BCUT2D eigenvalue weighted by Gasteiger charge is -2.16. The predicted octanol–water partition coefficient (Wildman–Crippen LogP) is 5.89. The molecule has 6 heteroatoms. The average Bonchev–Trinajstić information content (AvgIpc) is 2.41. The van der Waals surface area contributed by atoms with E-state index in [4.69, 9.17) is 39.5 Å². The van der Waals surface area contributed by atoms with E-state index in [9.17, 15) is 5.11 Å². The Morgan fingerprint density at radius 1 is 1.10 bits per heavy atom. The van der Waals surface area contributed by atoms with Crippen LogP contribution in [0.15, 0.2) is 34.8 Å². The first-order valence-electron chi connectivity index (χ1n) is 6.18. The van der Waals surface area contributed by atoms with Crippen LogP contribution in [0.2, 0.25) is 15.1 Å². The van der Waals surface area contributed by atoms with Crippen molar-refractivity contribution in [1.29, 1.82) is 0 Å². The van der Waals surface area contributed by atoms with Crippen molar-refractivity contribution < 1.29 is 9.84 Å². The summed E-state index contributed by atoms with van der Waals surface area (Å²) in [6, 6.07) is 8.40. The fourth-order valence-corrected chi connectivity index (χ4v) is 3.30. The van der Waals surface area contributed by atoms with Crippen molar-refractivity contribution in [3.8, 4) is 5.75 Å². The van der Waals surface area contributed by atoms with E-state index in [1.165, 1.54) is 0 Å². The fraction of sp³-hybridized carbons (Fsp3) is 0.200. The highest BCUT2D eigenvalue weighted by Gasteiger charge is 2.18. The van der Waals surface area contributed by atoms with Crippen molar-refractivity contribution in [1.82, 2.24) is 0 Å². The Balaban J connectivity index is 2.43. The topological polar surface area (TPSA) is 29.5 Å². The van der Waals surface area contributed by atoms with Crippen LogP contribution in [0.25, 0.3) is 0 Å². The van der Waals surface area contributed by atoms with Gasteiger partial charge in [0.2, 0.25) is 0 Å². The summed E-state index contributed by atoms with van der Waals surface area (Å²) in [5.74, 6) is 0.493. The maximum absolute atomic E-state index is 10.5. The largest absolute Gasteiger partial charge is 0.492 e. The Labute approximate surface area is 146 Å². The molecule has 2 aromatic carbocycles. The van der Waals surface area contributed by atoms with Crippen molar-refractivity contribution >= 4 is 50.7 Å². The average molecular weight is 411 g/mol. The summed E-state index contributed by atoms with van der Waals surface area (Å²) < 4.78 is 6.14. The zero-order valence-corrected chi connectivity index (χ0v) is 14.9. The summed E-state index contributed by atoms with van der Waals surface area (Å²) in [7, 11) is 0. The fourth-order valence-electron chi connectivity index (χ4n) is 1.93. The van der Waals surface area contributed by atoms with Crippen LogP contribution < -0.4 is 4.74 Å². The van der Waals surface area contributed by atoms with Gasteiger partial charge in [0, 0.05) is 21.1 Å². The molecule has 0 bridgehead atoms. The second-order valence-electron chi connectivity index (χ2n) is 4.34. The van der Waals surface area contributed by atoms with E-state index in [0.717, 1.165) is 4.47 Å². The molecule has 0 aliphatic heterocycles. The summed E-state index contributed by atoms with van der Waals surface area (Å²) >= 11 is 21.7. The van der Waals surface area contributed by atoms with Crippen LogP contribution >= 0.6 is 50.7 Å². The number of hydrogen-bond acceptors (Lipinski definition) is 2. The van der Waals surface area contributed by atoms with Gasteiger partial charge in [0.05, 0.1) is 16.7 Å². The Kier molecular flexibility index (Phi) is 5.81. The van der Waals surface area contributed by atoms with Gasteiger partial charge in [0.1, 0.15) is 11.9 Å². The van der Waals surface area contributed by atoms with Gasteiger partial charge in [-0.1, -0.05) is 50.7 Å². The minimum atomic E-state index is -0.930. The number of halogens is 4. The van der Waals surface area contributed by atoms with Crippen molar-refractivity contribution in [2.75, 3.05) is 6.61 Å². The molecule has 1 atom stereocenters. The van der Waals surface area contributed by atoms with Crippen molar-refractivity contribution in [3.63, 3.8) is 0 Å². The molecule has 0 saturated heterocycles. The molecule has 2 nitrogen and oxygen atoms in total. The zero-order valence-electron chi connectivity index (χ0n) is 11.0. The molecular weight excluding hydrogens is 398 g/mol. The quantitative estimate of drug-likeness (QED) is 0.681. The molecule has 0 aromatic heterocycles.